The molecule has 7 nitrogen and oxygen atoms in total. The molecule has 140 valence electrons. The Morgan fingerprint density at radius 3 is 2.65 bits per heavy atom. The molecule has 0 unspecified atom stereocenters. The van der Waals surface area contributed by atoms with Gasteiger partial charge in [0.15, 0.2) is 6.61 Å². The van der Waals surface area contributed by atoms with E-state index in [-0.39, 0.29) is 24.7 Å². The van der Waals surface area contributed by atoms with Gasteiger partial charge in [0.2, 0.25) is 0 Å². The fraction of sp³-hybridized carbons (Fsp3) is 0.474. The smallest absolute Gasteiger partial charge is 0.260 e. The molecule has 2 heterocycles. The predicted octanol–water partition coefficient (Wildman–Crippen LogP) is 1.78. The molecule has 1 aromatic carbocycles. The molecule has 1 aliphatic rings. The Kier molecular flexibility index (Phi) is 5.46. The van der Waals surface area contributed by atoms with E-state index in [1.165, 1.54) is 0 Å². The molecule has 0 spiro atoms. The maximum Gasteiger partial charge on any atom is 0.260 e. The van der Waals surface area contributed by atoms with Crippen LogP contribution in [0.4, 0.5) is 5.82 Å². The third-order valence-electron chi connectivity index (χ3n) is 4.84. The SMILES string of the molecule is CO[C@H]1C[C@@H](Cn2ccc(N)n2)N(C(=O)COc2c(C)cccc2C)C1. The summed E-state index contributed by atoms with van der Waals surface area (Å²) in [5.74, 6) is 1.21. The monoisotopic (exact) mass is 358 g/mol. The average Bonchev–Trinajstić information content (AvgIpc) is 3.20. The van der Waals surface area contributed by atoms with Crippen LogP contribution >= 0.6 is 0 Å². The number of ether oxygens (including phenoxy) is 2. The molecule has 0 saturated carbocycles. The van der Waals surface area contributed by atoms with Crippen LogP contribution in [0.2, 0.25) is 0 Å². The van der Waals surface area contributed by atoms with Crippen molar-refractivity contribution in [3.8, 4) is 5.75 Å². The molecule has 0 radical (unpaired) electrons. The van der Waals surface area contributed by atoms with Crippen molar-refractivity contribution in [1.29, 1.82) is 0 Å². The molecule has 1 saturated heterocycles. The number of benzene rings is 1. The minimum Gasteiger partial charge on any atom is -0.483 e. The summed E-state index contributed by atoms with van der Waals surface area (Å²) in [4.78, 5) is 14.6. The molecule has 3 rings (SSSR count). The lowest BCUT2D eigenvalue weighted by Crippen LogP contribution is -2.41. The second kappa shape index (κ2) is 7.78. The summed E-state index contributed by atoms with van der Waals surface area (Å²) in [5.41, 5.74) is 7.74. The molecule has 1 aliphatic heterocycles. The number of para-hydroxylation sites is 1. The Hall–Kier alpha value is -2.54. The van der Waals surface area contributed by atoms with Gasteiger partial charge in [-0.1, -0.05) is 18.2 Å². The molecular weight excluding hydrogens is 332 g/mol. The lowest BCUT2D eigenvalue weighted by molar-refractivity contribution is -0.134. The van der Waals surface area contributed by atoms with Crippen LogP contribution < -0.4 is 10.5 Å². The van der Waals surface area contributed by atoms with Gasteiger partial charge in [-0.05, 0) is 37.5 Å². The number of nitrogens with two attached hydrogens (primary N) is 1. The van der Waals surface area contributed by atoms with Gasteiger partial charge < -0.3 is 20.1 Å². The molecule has 2 aromatic rings. The summed E-state index contributed by atoms with van der Waals surface area (Å²) < 4.78 is 13.1. The highest BCUT2D eigenvalue weighted by Gasteiger charge is 2.35. The largest absolute Gasteiger partial charge is 0.483 e. The van der Waals surface area contributed by atoms with Gasteiger partial charge in [0.05, 0.1) is 18.7 Å². The lowest BCUT2D eigenvalue weighted by atomic mass is 10.1. The topological polar surface area (TPSA) is 82.6 Å². The standard InChI is InChI=1S/C19H26N4O3/c1-13-5-4-6-14(2)19(13)26-12-18(24)23-11-16(25-3)9-15(23)10-22-8-7-17(20)21-22/h4-8,15-16H,9-12H2,1-3H3,(H2,20,21)/t15-,16-/m0/s1. The first-order valence-electron chi connectivity index (χ1n) is 8.78. The number of amides is 1. The summed E-state index contributed by atoms with van der Waals surface area (Å²) in [6, 6.07) is 7.70. The Balaban J connectivity index is 1.67. The predicted molar refractivity (Wildman–Crippen MR) is 99.0 cm³/mol. The average molecular weight is 358 g/mol. The number of hydrogen-bond donors (Lipinski definition) is 1. The van der Waals surface area contributed by atoms with E-state index in [0.29, 0.717) is 18.9 Å². The van der Waals surface area contributed by atoms with Crippen LogP contribution in [0, 0.1) is 13.8 Å². The van der Waals surface area contributed by atoms with Gasteiger partial charge in [-0.15, -0.1) is 0 Å². The Morgan fingerprint density at radius 2 is 2.04 bits per heavy atom. The Bertz CT molecular complexity index is 754. The summed E-state index contributed by atoms with van der Waals surface area (Å²) in [6.45, 7) is 5.13. The second-order valence-electron chi connectivity index (χ2n) is 6.77. The number of aromatic nitrogens is 2. The number of methoxy groups -OCH3 is 1. The summed E-state index contributed by atoms with van der Waals surface area (Å²) in [7, 11) is 1.68. The first-order valence-corrected chi connectivity index (χ1v) is 8.78. The number of hydrogen-bond acceptors (Lipinski definition) is 5. The van der Waals surface area contributed by atoms with Gasteiger partial charge >= 0.3 is 0 Å². The Morgan fingerprint density at radius 1 is 1.31 bits per heavy atom. The van der Waals surface area contributed by atoms with Crippen molar-refractivity contribution in [2.75, 3.05) is 26.0 Å². The molecule has 1 amide bonds. The van der Waals surface area contributed by atoms with Crippen molar-refractivity contribution in [3.05, 3.63) is 41.6 Å². The maximum atomic E-state index is 12.8. The molecular formula is C19H26N4O3. The molecule has 0 aliphatic carbocycles. The van der Waals surface area contributed by atoms with E-state index >= 15 is 0 Å². The molecule has 7 heteroatoms. The van der Waals surface area contributed by atoms with E-state index in [1.807, 2.05) is 43.1 Å². The van der Waals surface area contributed by atoms with Gasteiger partial charge in [-0.2, -0.15) is 5.10 Å². The van der Waals surface area contributed by atoms with Crippen LogP contribution in [0.1, 0.15) is 17.5 Å². The van der Waals surface area contributed by atoms with Gasteiger partial charge in [-0.25, -0.2) is 0 Å². The van der Waals surface area contributed by atoms with E-state index in [4.69, 9.17) is 15.2 Å². The number of likely N-dealkylation sites (tertiary alicyclic amines) is 1. The summed E-state index contributed by atoms with van der Waals surface area (Å²) in [5, 5.41) is 4.22. The minimum absolute atomic E-state index is 0.00770. The molecule has 1 aromatic heterocycles. The van der Waals surface area contributed by atoms with Gasteiger partial charge in [-0.3, -0.25) is 9.48 Å². The van der Waals surface area contributed by atoms with Crippen molar-refractivity contribution >= 4 is 11.7 Å². The highest BCUT2D eigenvalue weighted by molar-refractivity contribution is 5.78. The normalized spacial score (nSPS) is 19.7. The van der Waals surface area contributed by atoms with Crippen molar-refractivity contribution in [1.82, 2.24) is 14.7 Å². The summed E-state index contributed by atoms with van der Waals surface area (Å²) >= 11 is 0. The van der Waals surface area contributed by atoms with Crippen molar-refractivity contribution in [3.63, 3.8) is 0 Å². The maximum absolute atomic E-state index is 12.8. The highest BCUT2D eigenvalue weighted by Crippen LogP contribution is 2.24. The number of rotatable bonds is 6. The van der Waals surface area contributed by atoms with E-state index in [2.05, 4.69) is 5.10 Å². The molecule has 1 fully saturated rings. The van der Waals surface area contributed by atoms with Crippen LogP contribution in [0.5, 0.6) is 5.75 Å². The quantitative estimate of drug-likeness (QED) is 0.851. The number of nitrogen functional groups attached to an aromatic ring is 1. The van der Waals surface area contributed by atoms with Crippen LogP contribution in [0.3, 0.4) is 0 Å². The van der Waals surface area contributed by atoms with E-state index in [1.54, 1.807) is 17.9 Å². The van der Waals surface area contributed by atoms with Crippen LogP contribution in [-0.4, -0.2) is 53.0 Å². The van der Waals surface area contributed by atoms with Crippen LogP contribution in [-0.2, 0) is 16.1 Å². The fourth-order valence-electron chi connectivity index (χ4n) is 3.46. The van der Waals surface area contributed by atoms with Crippen molar-refractivity contribution in [2.24, 2.45) is 0 Å². The number of carbonyl (C=O) groups is 1. The lowest BCUT2D eigenvalue weighted by Gasteiger charge is -2.24. The first-order chi connectivity index (χ1) is 12.5. The third-order valence-corrected chi connectivity index (χ3v) is 4.84. The molecule has 26 heavy (non-hydrogen) atoms. The van der Waals surface area contributed by atoms with E-state index < -0.39 is 0 Å². The zero-order chi connectivity index (χ0) is 18.7. The Labute approximate surface area is 153 Å². The van der Waals surface area contributed by atoms with Gasteiger partial charge in [0.25, 0.3) is 5.91 Å². The zero-order valence-corrected chi connectivity index (χ0v) is 15.5. The second-order valence-corrected chi connectivity index (χ2v) is 6.77. The number of anilines is 1. The van der Waals surface area contributed by atoms with E-state index in [9.17, 15) is 4.79 Å². The zero-order valence-electron chi connectivity index (χ0n) is 15.5. The summed E-state index contributed by atoms with van der Waals surface area (Å²) in [6.07, 6.45) is 2.62. The van der Waals surface area contributed by atoms with Gasteiger partial charge in [0, 0.05) is 19.9 Å². The number of nitrogens with zero attached hydrogens (tertiary/aromatic N) is 3. The van der Waals surface area contributed by atoms with Crippen molar-refractivity contribution < 1.29 is 14.3 Å². The minimum atomic E-state index is -0.0441. The molecule has 0 bridgehead atoms. The van der Waals surface area contributed by atoms with Crippen LogP contribution in [0.25, 0.3) is 0 Å². The number of carbonyl (C=O) groups excluding carboxylic acids is 1. The fourth-order valence-corrected chi connectivity index (χ4v) is 3.46. The van der Waals surface area contributed by atoms with Gasteiger partial charge in [0.1, 0.15) is 11.6 Å². The van der Waals surface area contributed by atoms with Crippen molar-refractivity contribution in [2.45, 2.75) is 39.0 Å². The molecule has 2 N–H and O–H groups in total. The van der Waals surface area contributed by atoms with Crippen LogP contribution in [0.15, 0.2) is 30.5 Å². The molecule has 2 atom stereocenters. The van der Waals surface area contributed by atoms with E-state index in [0.717, 1.165) is 23.3 Å². The number of aryl methyl sites for hydroxylation is 2. The third kappa shape index (κ3) is 3.99. The highest BCUT2D eigenvalue weighted by atomic mass is 16.5. The first kappa shape index (κ1) is 18.3.